The Kier molecular flexibility index (Phi) is 5.41. The standard InChI is InChI=1S/C22H30N2O/c1-4-22(2,3)18-10-12-19(13-11-18)24-20(25)15-17-8-5-7-16-9-6-14-23-21(16)17/h5-9,14,18-19H,4,10-13,15H2,1-3H3,(H,24,25). The van der Waals surface area contributed by atoms with Gasteiger partial charge in [0.25, 0.3) is 0 Å². The minimum Gasteiger partial charge on any atom is -0.353 e. The molecule has 1 amide bonds. The Morgan fingerprint density at radius 3 is 2.60 bits per heavy atom. The molecule has 0 aliphatic heterocycles. The van der Waals surface area contributed by atoms with Gasteiger partial charge >= 0.3 is 0 Å². The monoisotopic (exact) mass is 338 g/mol. The maximum absolute atomic E-state index is 12.5. The minimum atomic E-state index is 0.122. The number of amides is 1. The molecule has 1 N–H and O–H groups in total. The van der Waals surface area contributed by atoms with E-state index in [0.29, 0.717) is 17.9 Å². The van der Waals surface area contributed by atoms with Gasteiger partial charge in [-0.3, -0.25) is 9.78 Å². The number of aromatic nitrogens is 1. The second-order valence-electron chi connectivity index (χ2n) is 8.13. The van der Waals surface area contributed by atoms with Crippen molar-refractivity contribution in [1.82, 2.24) is 10.3 Å². The van der Waals surface area contributed by atoms with Gasteiger partial charge in [0, 0.05) is 17.6 Å². The van der Waals surface area contributed by atoms with Crippen molar-refractivity contribution in [2.45, 2.75) is 65.3 Å². The third kappa shape index (κ3) is 4.20. The Labute approximate surface area is 151 Å². The molecule has 3 rings (SSSR count). The van der Waals surface area contributed by atoms with E-state index in [1.807, 2.05) is 30.3 Å². The topological polar surface area (TPSA) is 42.0 Å². The van der Waals surface area contributed by atoms with Crippen molar-refractivity contribution < 1.29 is 4.79 Å². The predicted octanol–water partition coefficient (Wildman–Crippen LogP) is 4.89. The molecule has 1 fully saturated rings. The normalized spacial score (nSPS) is 21.2. The summed E-state index contributed by atoms with van der Waals surface area (Å²) in [6.07, 6.45) is 8.09. The second kappa shape index (κ2) is 7.55. The number of carbonyl (C=O) groups excluding carboxylic acids is 1. The first-order chi connectivity index (χ1) is 12.0. The van der Waals surface area contributed by atoms with Crippen LogP contribution in [0.1, 0.15) is 58.4 Å². The van der Waals surface area contributed by atoms with Crippen LogP contribution in [0.15, 0.2) is 36.5 Å². The maximum Gasteiger partial charge on any atom is 0.224 e. The number of nitrogens with one attached hydrogen (secondary N) is 1. The number of hydrogen-bond acceptors (Lipinski definition) is 2. The van der Waals surface area contributed by atoms with E-state index >= 15 is 0 Å². The van der Waals surface area contributed by atoms with Crippen LogP contribution in [0, 0.1) is 11.3 Å². The van der Waals surface area contributed by atoms with Gasteiger partial charge < -0.3 is 5.32 Å². The van der Waals surface area contributed by atoms with Gasteiger partial charge in [0.05, 0.1) is 11.9 Å². The maximum atomic E-state index is 12.5. The van der Waals surface area contributed by atoms with E-state index in [-0.39, 0.29) is 5.91 Å². The zero-order valence-corrected chi connectivity index (χ0v) is 15.7. The highest BCUT2D eigenvalue weighted by atomic mass is 16.1. The highest BCUT2D eigenvalue weighted by Gasteiger charge is 2.32. The van der Waals surface area contributed by atoms with Gasteiger partial charge in [-0.05, 0) is 48.6 Å². The second-order valence-corrected chi connectivity index (χ2v) is 8.13. The van der Waals surface area contributed by atoms with Crippen LogP contribution in [0.2, 0.25) is 0 Å². The van der Waals surface area contributed by atoms with E-state index in [9.17, 15) is 4.79 Å². The van der Waals surface area contributed by atoms with E-state index in [4.69, 9.17) is 0 Å². The lowest BCUT2D eigenvalue weighted by Gasteiger charge is -2.39. The van der Waals surface area contributed by atoms with Gasteiger partial charge in [0.1, 0.15) is 0 Å². The molecule has 25 heavy (non-hydrogen) atoms. The molecule has 0 unspecified atom stereocenters. The zero-order chi connectivity index (χ0) is 17.9. The molecule has 3 heteroatoms. The Morgan fingerprint density at radius 2 is 1.88 bits per heavy atom. The molecular formula is C22H30N2O. The fraction of sp³-hybridized carbons (Fsp3) is 0.545. The molecule has 0 bridgehead atoms. The van der Waals surface area contributed by atoms with Crippen LogP contribution in [0.4, 0.5) is 0 Å². The average molecular weight is 338 g/mol. The van der Waals surface area contributed by atoms with Gasteiger partial charge in [-0.1, -0.05) is 51.5 Å². The smallest absolute Gasteiger partial charge is 0.224 e. The van der Waals surface area contributed by atoms with Crippen LogP contribution in [0.5, 0.6) is 0 Å². The van der Waals surface area contributed by atoms with Crippen molar-refractivity contribution in [2.75, 3.05) is 0 Å². The van der Waals surface area contributed by atoms with Gasteiger partial charge in [-0.25, -0.2) is 0 Å². The number of hydrogen-bond donors (Lipinski definition) is 1. The minimum absolute atomic E-state index is 0.122. The molecule has 0 spiro atoms. The number of rotatable bonds is 5. The first kappa shape index (κ1) is 17.9. The number of benzene rings is 1. The zero-order valence-electron chi connectivity index (χ0n) is 15.7. The summed E-state index contributed by atoms with van der Waals surface area (Å²) < 4.78 is 0. The Bertz CT molecular complexity index is 724. The number of para-hydroxylation sites is 1. The molecule has 1 saturated carbocycles. The van der Waals surface area contributed by atoms with E-state index in [2.05, 4.69) is 31.1 Å². The van der Waals surface area contributed by atoms with E-state index in [1.54, 1.807) is 6.20 Å². The summed E-state index contributed by atoms with van der Waals surface area (Å²) in [5, 5.41) is 4.35. The van der Waals surface area contributed by atoms with Gasteiger partial charge in [-0.2, -0.15) is 0 Å². The van der Waals surface area contributed by atoms with E-state index in [0.717, 1.165) is 35.2 Å². The third-order valence-electron chi connectivity index (χ3n) is 6.18. The molecule has 1 aromatic carbocycles. The van der Waals surface area contributed by atoms with Crippen molar-refractivity contribution in [3.63, 3.8) is 0 Å². The van der Waals surface area contributed by atoms with Crippen molar-refractivity contribution in [3.8, 4) is 0 Å². The fourth-order valence-corrected chi connectivity index (χ4v) is 4.07. The summed E-state index contributed by atoms with van der Waals surface area (Å²) in [6.45, 7) is 7.04. The first-order valence-electron chi connectivity index (χ1n) is 9.61. The lowest BCUT2D eigenvalue weighted by atomic mass is 9.69. The lowest BCUT2D eigenvalue weighted by Crippen LogP contribution is -2.40. The van der Waals surface area contributed by atoms with Crippen LogP contribution >= 0.6 is 0 Å². The van der Waals surface area contributed by atoms with Crippen molar-refractivity contribution in [2.24, 2.45) is 11.3 Å². The van der Waals surface area contributed by atoms with E-state index in [1.165, 1.54) is 19.3 Å². The van der Waals surface area contributed by atoms with E-state index < -0.39 is 0 Å². The van der Waals surface area contributed by atoms with Crippen molar-refractivity contribution >= 4 is 16.8 Å². The number of nitrogens with zero attached hydrogens (tertiary/aromatic N) is 1. The highest BCUT2D eigenvalue weighted by Crippen LogP contribution is 2.40. The van der Waals surface area contributed by atoms with Crippen LogP contribution in [0.3, 0.4) is 0 Å². The van der Waals surface area contributed by atoms with Gasteiger partial charge in [0.15, 0.2) is 0 Å². The summed E-state index contributed by atoms with van der Waals surface area (Å²) >= 11 is 0. The molecule has 3 nitrogen and oxygen atoms in total. The van der Waals surface area contributed by atoms with Gasteiger partial charge in [-0.15, -0.1) is 0 Å². The summed E-state index contributed by atoms with van der Waals surface area (Å²) in [6, 6.07) is 10.4. The molecule has 134 valence electrons. The van der Waals surface area contributed by atoms with Crippen molar-refractivity contribution in [1.29, 1.82) is 0 Å². The van der Waals surface area contributed by atoms with Crippen molar-refractivity contribution in [3.05, 3.63) is 42.1 Å². The van der Waals surface area contributed by atoms with Crippen LogP contribution < -0.4 is 5.32 Å². The quantitative estimate of drug-likeness (QED) is 0.843. The highest BCUT2D eigenvalue weighted by molar-refractivity contribution is 5.87. The molecule has 0 saturated heterocycles. The Balaban J connectivity index is 1.57. The van der Waals surface area contributed by atoms with Crippen LogP contribution in [-0.2, 0) is 11.2 Å². The fourth-order valence-electron chi connectivity index (χ4n) is 4.07. The first-order valence-corrected chi connectivity index (χ1v) is 9.61. The molecular weight excluding hydrogens is 308 g/mol. The SMILES string of the molecule is CCC(C)(C)C1CCC(NC(=O)Cc2cccc3cccnc23)CC1. The number of fused-ring (bicyclic) bond motifs is 1. The number of pyridine rings is 1. The van der Waals surface area contributed by atoms with Gasteiger partial charge in [0.2, 0.25) is 5.91 Å². The molecule has 1 heterocycles. The molecule has 0 radical (unpaired) electrons. The summed E-state index contributed by atoms with van der Waals surface area (Å²) in [4.78, 5) is 17.0. The Morgan fingerprint density at radius 1 is 1.16 bits per heavy atom. The predicted molar refractivity (Wildman–Crippen MR) is 103 cm³/mol. The van der Waals surface area contributed by atoms with Crippen LogP contribution in [0.25, 0.3) is 10.9 Å². The summed E-state index contributed by atoms with van der Waals surface area (Å²) in [7, 11) is 0. The number of carbonyl (C=O) groups is 1. The summed E-state index contributed by atoms with van der Waals surface area (Å²) in [5.74, 6) is 0.907. The molecule has 0 atom stereocenters. The van der Waals surface area contributed by atoms with Crippen LogP contribution in [-0.4, -0.2) is 16.9 Å². The average Bonchev–Trinajstić information content (AvgIpc) is 2.62. The largest absolute Gasteiger partial charge is 0.353 e. The molecule has 1 aromatic heterocycles. The lowest BCUT2D eigenvalue weighted by molar-refractivity contribution is -0.121. The molecule has 1 aliphatic rings. The molecule has 1 aliphatic carbocycles. The Hall–Kier alpha value is -1.90. The third-order valence-corrected chi connectivity index (χ3v) is 6.18. The molecule has 2 aromatic rings. The summed E-state index contributed by atoms with van der Waals surface area (Å²) in [5.41, 5.74) is 2.37.